The maximum atomic E-state index is 5.77. The molecule has 1 heterocycles. The summed E-state index contributed by atoms with van der Waals surface area (Å²) in [5.74, 6) is 1.65. The minimum atomic E-state index is 0.417. The van der Waals surface area contributed by atoms with E-state index in [0.717, 1.165) is 29.3 Å². The van der Waals surface area contributed by atoms with Crippen LogP contribution in [-0.4, -0.2) is 11.2 Å². The molecule has 0 unspecified atom stereocenters. The number of nitrogens with zero attached hydrogens (tertiary/aromatic N) is 1. The van der Waals surface area contributed by atoms with Crippen LogP contribution in [0.4, 0.5) is 0 Å². The van der Waals surface area contributed by atoms with E-state index in [1.165, 1.54) is 18.4 Å². The van der Waals surface area contributed by atoms with E-state index in [2.05, 4.69) is 23.5 Å². The summed E-state index contributed by atoms with van der Waals surface area (Å²) in [6, 6.07) is 8.80. The van der Waals surface area contributed by atoms with E-state index in [4.69, 9.17) is 9.26 Å². The van der Waals surface area contributed by atoms with Gasteiger partial charge in [0.05, 0.1) is 5.69 Å². The molecule has 0 atom stereocenters. The predicted molar refractivity (Wildman–Crippen MR) is 76.6 cm³/mol. The quantitative estimate of drug-likeness (QED) is 0.877. The topological polar surface area (TPSA) is 47.3 Å². The normalized spacial score (nSPS) is 14.5. The van der Waals surface area contributed by atoms with E-state index in [-0.39, 0.29) is 0 Å². The monoisotopic (exact) mass is 272 g/mol. The molecular weight excluding hydrogens is 252 g/mol. The summed E-state index contributed by atoms with van der Waals surface area (Å²) in [6.45, 7) is 5.32. The molecule has 1 aliphatic carbocycles. The van der Waals surface area contributed by atoms with Gasteiger partial charge < -0.3 is 14.6 Å². The summed E-state index contributed by atoms with van der Waals surface area (Å²) in [6.07, 6.45) is 2.56. The van der Waals surface area contributed by atoms with E-state index in [1.807, 2.05) is 25.1 Å². The van der Waals surface area contributed by atoms with Crippen LogP contribution in [0.25, 0.3) is 0 Å². The van der Waals surface area contributed by atoms with Crippen LogP contribution in [0.3, 0.4) is 0 Å². The van der Waals surface area contributed by atoms with Crippen molar-refractivity contribution >= 4 is 0 Å². The standard InChI is InChI=1S/C16H20N2O2/c1-11-3-6-16(12(2)7-11)19-10-15-8-14(18-20-15)9-17-13-4-5-13/h3,6-8,13,17H,4-5,9-10H2,1-2H3. The Labute approximate surface area is 119 Å². The molecule has 1 fully saturated rings. The van der Waals surface area contributed by atoms with Gasteiger partial charge in [-0.3, -0.25) is 0 Å². The Balaban J connectivity index is 1.54. The fraction of sp³-hybridized carbons (Fsp3) is 0.438. The van der Waals surface area contributed by atoms with Crippen molar-refractivity contribution in [3.05, 3.63) is 46.8 Å². The molecule has 0 amide bonds. The van der Waals surface area contributed by atoms with Crippen LogP contribution in [0, 0.1) is 13.8 Å². The third-order valence-corrected chi connectivity index (χ3v) is 3.46. The van der Waals surface area contributed by atoms with Gasteiger partial charge in [0.15, 0.2) is 5.76 Å². The molecule has 4 nitrogen and oxygen atoms in total. The van der Waals surface area contributed by atoms with Gasteiger partial charge in [-0.15, -0.1) is 0 Å². The molecule has 0 bridgehead atoms. The van der Waals surface area contributed by atoms with Gasteiger partial charge in [-0.05, 0) is 38.3 Å². The van der Waals surface area contributed by atoms with Crippen molar-refractivity contribution in [1.82, 2.24) is 10.5 Å². The van der Waals surface area contributed by atoms with Crippen molar-refractivity contribution < 1.29 is 9.26 Å². The van der Waals surface area contributed by atoms with Crippen LogP contribution < -0.4 is 10.1 Å². The molecule has 1 saturated carbocycles. The Bertz CT molecular complexity index is 588. The number of benzene rings is 1. The second-order valence-electron chi connectivity index (χ2n) is 5.50. The highest BCUT2D eigenvalue weighted by atomic mass is 16.5. The Hall–Kier alpha value is -1.81. The molecular formula is C16H20N2O2. The zero-order chi connectivity index (χ0) is 13.9. The van der Waals surface area contributed by atoms with Gasteiger partial charge >= 0.3 is 0 Å². The summed E-state index contributed by atoms with van der Waals surface area (Å²) < 4.78 is 11.1. The molecule has 1 aliphatic rings. The molecule has 3 rings (SSSR count). The van der Waals surface area contributed by atoms with Crippen molar-refractivity contribution in [2.75, 3.05) is 0 Å². The van der Waals surface area contributed by atoms with Gasteiger partial charge in [0, 0.05) is 18.7 Å². The number of hydrogen-bond donors (Lipinski definition) is 1. The van der Waals surface area contributed by atoms with Crippen molar-refractivity contribution in [2.45, 2.75) is 45.9 Å². The highest BCUT2D eigenvalue weighted by Crippen LogP contribution is 2.21. The number of ether oxygens (including phenoxy) is 1. The molecule has 0 spiro atoms. The largest absolute Gasteiger partial charge is 0.485 e. The smallest absolute Gasteiger partial charge is 0.174 e. The van der Waals surface area contributed by atoms with Crippen LogP contribution in [-0.2, 0) is 13.2 Å². The van der Waals surface area contributed by atoms with Crippen LogP contribution in [0.15, 0.2) is 28.8 Å². The SMILES string of the molecule is Cc1ccc(OCc2cc(CNC3CC3)no2)c(C)c1. The lowest BCUT2D eigenvalue weighted by atomic mass is 10.1. The van der Waals surface area contributed by atoms with Gasteiger partial charge in [-0.1, -0.05) is 22.9 Å². The molecule has 0 aliphatic heterocycles. The summed E-state index contributed by atoms with van der Waals surface area (Å²) in [5.41, 5.74) is 3.32. The Kier molecular flexibility index (Phi) is 3.74. The second-order valence-corrected chi connectivity index (χ2v) is 5.50. The molecule has 1 N–H and O–H groups in total. The van der Waals surface area contributed by atoms with Gasteiger partial charge in [0.2, 0.25) is 0 Å². The fourth-order valence-electron chi connectivity index (χ4n) is 2.15. The first kappa shape index (κ1) is 13.2. The molecule has 0 radical (unpaired) electrons. The summed E-state index contributed by atoms with van der Waals surface area (Å²) in [7, 11) is 0. The Morgan fingerprint density at radius 2 is 2.15 bits per heavy atom. The van der Waals surface area contributed by atoms with E-state index in [0.29, 0.717) is 12.6 Å². The molecule has 106 valence electrons. The molecule has 1 aromatic heterocycles. The lowest BCUT2D eigenvalue weighted by Gasteiger charge is -2.07. The maximum absolute atomic E-state index is 5.77. The number of aryl methyl sites for hydroxylation is 2. The Morgan fingerprint density at radius 1 is 1.30 bits per heavy atom. The number of aromatic nitrogens is 1. The van der Waals surface area contributed by atoms with Crippen molar-refractivity contribution in [3.63, 3.8) is 0 Å². The van der Waals surface area contributed by atoms with Crippen LogP contribution in [0.5, 0.6) is 5.75 Å². The second kappa shape index (κ2) is 5.67. The third kappa shape index (κ3) is 3.39. The zero-order valence-electron chi connectivity index (χ0n) is 12.0. The summed E-state index contributed by atoms with van der Waals surface area (Å²) >= 11 is 0. The molecule has 0 saturated heterocycles. The van der Waals surface area contributed by atoms with Crippen molar-refractivity contribution in [3.8, 4) is 5.75 Å². The van der Waals surface area contributed by atoms with Crippen LogP contribution in [0.2, 0.25) is 0 Å². The van der Waals surface area contributed by atoms with Crippen LogP contribution >= 0.6 is 0 Å². The van der Waals surface area contributed by atoms with E-state index in [1.54, 1.807) is 0 Å². The van der Waals surface area contributed by atoms with Gasteiger partial charge in [-0.25, -0.2) is 0 Å². The van der Waals surface area contributed by atoms with Gasteiger partial charge in [0.25, 0.3) is 0 Å². The molecule has 4 heteroatoms. The first-order valence-corrected chi connectivity index (χ1v) is 7.08. The first-order chi connectivity index (χ1) is 9.70. The van der Waals surface area contributed by atoms with Gasteiger partial charge in [-0.2, -0.15) is 0 Å². The summed E-state index contributed by atoms with van der Waals surface area (Å²) in [4.78, 5) is 0. The highest BCUT2D eigenvalue weighted by molar-refractivity contribution is 5.35. The molecule has 20 heavy (non-hydrogen) atoms. The van der Waals surface area contributed by atoms with E-state index < -0.39 is 0 Å². The van der Waals surface area contributed by atoms with Crippen molar-refractivity contribution in [2.24, 2.45) is 0 Å². The average Bonchev–Trinajstić information content (AvgIpc) is 3.14. The number of nitrogens with one attached hydrogen (secondary N) is 1. The number of rotatable bonds is 6. The zero-order valence-corrected chi connectivity index (χ0v) is 12.0. The van der Waals surface area contributed by atoms with Gasteiger partial charge in [0.1, 0.15) is 12.4 Å². The highest BCUT2D eigenvalue weighted by Gasteiger charge is 2.20. The van der Waals surface area contributed by atoms with Crippen LogP contribution in [0.1, 0.15) is 35.4 Å². The number of hydrogen-bond acceptors (Lipinski definition) is 4. The molecule has 1 aromatic carbocycles. The minimum absolute atomic E-state index is 0.417. The van der Waals surface area contributed by atoms with E-state index >= 15 is 0 Å². The lowest BCUT2D eigenvalue weighted by molar-refractivity contribution is 0.247. The predicted octanol–water partition coefficient (Wildman–Crippen LogP) is 3.12. The third-order valence-electron chi connectivity index (χ3n) is 3.46. The average molecular weight is 272 g/mol. The minimum Gasteiger partial charge on any atom is -0.485 e. The van der Waals surface area contributed by atoms with E-state index in [9.17, 15) is 0 Å². The lowest BCUT2D eigenvalue weighted by Crippen LogP contribution is -2.15. The fourth-order valence-corrected chi connectivity index (χ4v) is 2.15. The maximum Gasteiger partial charge on any atom is 0.174 e. The summed E-state index contributed by atoms with van der Waals surface area (Å²) in [5, 5.41) is 7.46. The first-order valence-electron chi connectivity index (χ1n) is 7.08. The Morgan fingerprint density at radius 3 is 2.90 bits per heavy atom. The molecule has 2 aromatic rings. The van der Waals surface area contributed by atoms with Crippen molar-refractivity contribution in [1.29, 1.82) is 0 Å².